The van der Waals surface area contributed by atoms with Crippen LogP contribution in [0.4, 0.5) is 4.39 Å². The number of aryl methyl sites for hydroxylation is 2. The van der Waals surface area contributed by atoms with E-state index in [4.69, 9.17) is 4.74 Å². The Kier molecular flexibility index (Phi) is 4.71. The fraction of sp³-hybridized carbons (Fsp3) is 0.211. The Morgan fingerprint density at radius 3 is 2.54 bits per heavy atom. The summed E-state index contributed by atoms with van der Waals surface area (Å²) in [4.78, 5) is 0. The van der Waals surface area contributed by atoms with E-state index in [1.807, 2.05) is 24.3 Å². The largest absolute Gasteiger partial charge is 0.497 e. The van der Waals surface area contributed by atoms with Crippen LogP contribution in [0.2, 0.25) is 0 Å². The van der Waals surface area contributed by atoms with Gasteiger partial charge < -0.3 is 4.74 Å². The fourth-order valence-corrected chi connectivity index (χ4v) is 3.61. The molecular formula is C19H17FN4OS. The number of ether oxygens (including phenoxy) is 1. The molecule has 1 aromatic heterocycles. The molecule has 0 saturated carbocycles. The molecule has 0 spiro atoms. The van der Waals surface area contributed by atoms with Gasteiger partial charge in [-0.1, -0.05) is 36.0 Å². The van der Waals surface area contributed by atoms with Crippen LogP contribution < -0.4 is 4.74 Å². The lowest BCUT2D eigenvalue weighted by Crippen LogP contribution is -2.15. The summed E-state index contributed by atoms with van der Waals surface area (Å²) in [6.07, 6.45) is 1.58. The minimum absolute atomic E-state index is 0.247. The van der Waals surface area contributed by atoms with Gasteiger partial charge in [0.25, 0.3) is 0 Å². The van der Waals surface area contributed by atoms with Crippen LogP contribution in [0, 0.1) is 5.82 Å². The molecule has 132 valence electrons. The first-order valence-electron chi connectivity index (χ1n) is 8.27. The van der Waals surface area contributed by atoms with Crippen molar-refractivity contribution in [2.75, 3.05) is 12.9 Å². The summed E-state index contributed by atoms with van der Waals surface area (Å²) in [5.74, 6) is 2.12. The highest BCUT2D eigenvalue weighted by Crippen LogP contribution is 2.24. The van der Waals surface area contributed by atoms with Crippen molar-refractivity contribution >= 4 is 17.5 Å². The second kappa shape index (κ2) is 7.29. The number of methoxy groups -OCH3 is 1. The minimum Gasteiger partial charge on any atom is -0.497 e. The Morgan fingerprint density at radius 2 is 1.81 bits per heavy atom. The summed E-state index contributed by atoms with van der Waals surface area (Å²) < 4.78 is 20.1. The highest BCUT2D eigenvalue weighted by Gasteiger charge is 2.19. The molecule has 1 aliphatic rings. The third kappa shape index (κ3) is 3.48. The monoisotopic (exact) mass is 368 g/mol. The predicted molar refractivity (Wildman–Crippen MR) is 99.5 cm³/mol. The number of nitrogens with zero attached hydrogens (tertiary/aromatic N) is 4. The molecule has 0 atom stereocenters. The van der Waals surface area contributed by atoms with Gasteiger partial charge in [0.2, 0.25) is 5.16 Å². The van der Waals surface area contributed by atoms with Crippen LogP contribution in [-0.2, 0) is 12.8 Å². The highest BCUT2D eigenvalue weighted by molar-refractivity contribution is 7.99. The molecule has 26 heavy (non-hydrogen) atoms. The number of benzene rings is 2. The molecule has 5 nitrogen and oxygen atoms in total. The van der Waals surface area contributed by atoms with Crippen LogP contribution >= 0.6 is 11.8 Å². The van der Waals surface area contributed by atoms with Crippen LogP contribution in [0.3, 0.4) is 0 Å². The molecule has 2 aromatic carbocycles. The summed E-state index contributed by atoms with van der Waals surface area (Å²) >= 11 is 1.59. The van der Waals surface area contributed by atoms with Gasteiger partial charge in [0.15, 0.2) is 5.82 Å². The Morgan fingerprint density at radius 1 is 1.04 bits per heavy atom. The van der Waals surface area contributed by atoms with E-state index in [0.29, 0.717) is 5.75 Å². The number of hydrogen-bond donors (Lipinski definition) is 0. The molecule has 0 radical (unpaired) electrons. The van der Waals surface area contributed by atoms with E-state index in [2.05, 4.69) is 15.3 Å². The lowest BCUT2D eigenvalue weighted by molar-refractivity contribution is 0.414. The summed E-state index contributed by atoms with van der Waals surface area (Å²) in [6, 6.07) is 14.4. The van der Waals surface area contributed by atoms with Crippen LogP contribution in [0.1, 0.15) is 17.0 Å². The van der Waals surface area contributed by atoms with Crippen molar-refractivity contribution in [3.8, 4) is 5.75 Å². The second-order valence-corrected chi connectivity index (χ2v) is 6.84. The Labute approximate surface area is 154 Å². The zero-order valence-electron chi connectivity index (χ0n) is 14.2. The molecule has 0 amide bonds. The molecule has 0 aliphatic carbocycles. The van der Waals surface area contributed by atoms with Gasteiger partial charge in [-0.15, -0.1) is 10.2 Å². The van der Waals surface area contributed by atoms with Gasteiger partial charge in [0, 0.05) is 12.2 Å². The summed E-state index contributed by atoms with van der Waals surface area (Å²) in [7, 11) is 1.66. The molecule has 0 fully saturated rings. The normalized spacial score (nSPS) is 13.2. The third-order valence-electron chi connectivity index (χ3n) is 4.21. The zero-order chi connectivity index (χ0) is 17.9. The number of fused-ring (bicyclic) bond motifs is 1. The van der Waals surface area contributed by atoms with E-state index in [0.717, 1.165) is 40.8 Å². The topological polar surface area (TPSA) is 52.3 Å². The van der Waals surface area contributed by atoms with Crippen molar-refractivity contribution in [2.24, 2.45) is 5.10 Å². The van der Waals surface area contributed by atoms with Crippen molar-refractivity contribution in [1.82, 2.24) is 14.9 Å². The summed E-state index contributed by atoms with van der Waals surface area (Å²) in [5, 5.41) is 14.0. The zero-order valence-corrected chi connectivity index (χ0v) is 15.0. The van der Waals surface area contributed by atoms with Crippen molar-refractivity contribution in [1.29, 1.82) is 0 Å². The van der Waals surface area contributed by atoms with Gasteiger partial charge in [-0.05, 0) is 41.8 Å². The lowest BCUT2D eigenvalue weighted by atomic mass is 10.1. The third-order valence-corrected chi connectivity index (χ3v) is 5.14. The molecule has 0 bridgehead atoms. The second-order valence-electron chi connectivity index (χ2n) is 5.90. The maximum absolute atomic E-state index is 13.1. The van der Waals surface area contributed by atoms with Gasteiger partial charge in [-0.3, -0.25) is 0 Å². The maximum atomic E-state index is 13.1. The first kappa shape index (κ1) is 16.8. The van der Waals surface area contributed by atoms with E-state index in [1.165, 1.54) is 17.7 Å². The molecule has 4 rings (SSSR count). The van der Waals surface area contributed by atoms with E-state index < -0.39 is 0 Å². The SMILES string of the molecule is COc1ccc(CCc2nnc3n2N=C(c2ccc(F)cc2)CS3)cc1. The van der Waals surface area contributed by atoms with Crippen LogP contribution in [0.15, 0.2) is 58.8 Å². The van der Waals surface area contributed by atoms with Crippen molar-refractivity contribution < 1.29 is 9.13 Å². The van der Waals surface area contributed by atoms with E-state index in [1.54, 1.807) is 35.7 Å². The van der Waals surface area contributed by atoms with Crippen LogP contribution in [-0.4, -0.2) is 33.4 Å². The fourth-order valence-electron chi connectivity index (χ4n) is 2.76. The quantitative estimate of drug-likeness (QED) is 0.691. The molecule has 2 heterocycles. The molecular weight excluding hydrogens is 351 g/mol. The molecule has 3 aromatic rings. The van der Waals surface area contributed by atoms with E-state index in [-0.39, 0.29) is 5.82 Å². The minimum atomic E-state index is -0.247. The average molecular weight is 368 g/mol. The van der Waals surface area contributed by atoms with E-state index in [9.17, 15) is 4.39 Å². The first-order valence-corrected chi connectivity index (χ1v) is 9.25. The van der Waals surface area contributed by atoms with Gasteiger partial charge in [0.05, 0.1) is 12.8 Å². The standard InChI is InChI=1S/C19H17FN4OS/c1-25-16-9-2-13(3-10-16)4-11-18-21-22-19-24(18)23-17(12-26-19)14-5-7-15(20)8-6-14/h2-3,5-10H,4,11-12H2,1H3. The Balaban J connectivity index is 1.53. The smallest absolute Gasteiger partial charge is 0.212 e. The molecule has 0 unspecified atom stereocenters. The molecule has 0 saturated heterocycles. The lowest BCUT2D eigenvalue weighted by Gasteiger charge is -2.14. The molecule has 1 aliphatic heterocycles. The Bertz CT molecular complexity index is 935. The van der Waals surface area contributed by atoms with E-state index >= 15 is 0 Å². The number of halogens is 1. The summed E-state index contributed by atoms with van der Waals surface area (Å²) in [5.41, 5.74) is 3.02. The van der Waals surface area contributed by atoms with Crippen molar-refractivity contribution in [3.05, 3.63) is 71.3 Å². The summed E-state index contributed by atoms with van der Waals surface area (Å²) in [6.45, 7) is 0. The van der Waals surface area contributed by atoms with Crippen molar-refractivity contribution in [3.63, 3.8) is 0 Å². The average Bonchev–Trinajstić information content (AvgIpc) is 3.09. The van der Waals surface area contributed by atoms with Gasteiger partial charge in [0.1, 0.15) is 11.6 Å². The highest BCUT2D eigenvalue weighted by atomic mass is 32.2. The number of rotatable bonds is 5. The first-order chi connectivity index (χ1) is 12.7. The number of thioether (sulfide) groups is 1. The number of hydrogen-bond acceptors (Lipinski definition) is 5. The Hall–Kier alpha value is -2.67. The number of aromatic nitrogens is 3. The molecule has 0 N–H and O–H groups in total. The predicted octanol–water partition coefficient (Wildman–Crippen LogP) is 3.57. The van der Waals surface area contributed by atoms with Crippen LogP contribution in [0.25, 0.3) is 0 Å². The van der Waals surface area contributed by atoms with Crippen LogP contribution in [0.5, 0.6) is 5.75 Å². The maximum Gasteiger partial charge on any atom is 0.212 e. The van der Waals surface area contributed by atoms with Gasteiger partial charge in [-0.25, -0.2) is 4.39 Å². The van der Waals surface area contributed by atoms with Gasteiger partial charge in [-0.2, -0.15) is 9.78 Å². The van der Waals surface area contributed by atoms with Gasteiger partial charge >= 0.3 is 0 Å². The van der Waals surface area contributed by atoms with Crippen molar-refractivity contribution in [2.45, 2.75) is 18.0 Å². The molecule has 7 heteroatoms.